The fraction of sp³-hybridized carbons (Fsp3) is 0.310. The van der Waals surface area contributed by atoms with E-state index in [1.807, 2.05) is 54.6 Å². The average molecular weight is 533 g/mol. The van der Waals surface area contributed by atoms with Gasteiger partial charge in [-0.3, -0.25) is 9.59 Å². The van der Waals surface area contributed by atoms with E-state index in [1.165, 1.54) is 0 Å². The summed E-state index contributed by atoms with van der Waals surface area (Å²) in [4.78, 5) is 42.9. The maximum atomic E-state index is 13.0. The molecule has 0 saturated carbocycles. The normalized spacial score (nSPS) is 17.3. The molecule has 1 aliphatic rings. The molecule has 3 atom stereocenters. The minimum absolute atomic E-state index is 0.148. The first-order valence-electron chi connectivity index (χ1n) is 12.8. The van der Waals surface area contributed by atoms with Crippen LogP contribution < -0.4 is 10.6 Å². The molecule has 2 heterocycles. The zero-order chi connectivity index (χ0) is 27.5. The summed E-state index contributed by atoms with van der Waals surface area (Å²) in [5.41, 5.74) is 1.58. The summed E-state index contributed by atoms with van der Waals surface area (Å²) < 4.78 is 11.4. The molecule has 1 fully saturated rings. The van der Waals surface area contributed by atoms with E-state index in [0.29, 0.717) is 24.3 Å². The van der Waals surface area contributed by atoms with Gasteiger partial charge in [0.1, 0.15) is 19.0 Å². The monoisotopic (exact) mass is 532 g/mol. The minimum Gasteiger partial charge on any atom is -0.481 e. The highest BCUT2D eigenvalue weighted by Crippen LogP contribution is 2.23. The lowest BCUT2D eigenvalue weighted by molar-refractivity contribution is -0.138. The van der Waals surface area contributed by atoms with Crippen molar-refractivity contribution in [3.05, 3.63) is 96.2 Å². The third-order valence-corrected chi connectivity index (χ3v) is 6.37. The Labute approximate surface area is 227 Å². The summed E-state index contributed by atoms with van der Waals surface area (Å²) >= 11 is 0. The molecule has 1 saturated heterocycles. The van der Waals surface area contributed by atoms with Gasteiger partial charge in [0.25, 0.3) is 0 Å². The molecule has 10 heteroatoms. The lowest BCUT2D eigenvalue weighted by Gasteiger charge is -2.24. The summed E-state index contributed by atoms with van der Waals surface area (Å²) in [6.07, 6.45) is 1.06. The number of aliphatic carboxylic acids is 1. The topological polar surface area (TPSA) is 130 Å². The molecule has 10 nitrogen and oxygen atoms in total. The molecule has 0 spiro atoms. The van der Waals surface area contributed by atoms with E-state index >= 15 is 0 Å². The number of nitrogens with zero attached hydrogens (tertiary/aromatic N) is 2. The first-order chi connectivity index (χ1) is 19.0. The number of amides is 2. The average Bonchev–Trinajstić information content (AvgIpc) is 3.38. The third-order valence-electron chi connectivity index (χ3n) is 6.37. The standard InChI is InChI=1S/C29H32N4O6/c34-27(32-25(16-28(35)36)22-11-5-2-6-12-22)20-38-24-15-23(17-31-26-13-7-8-14-30-26)33(18-24)29(37)39-19-21-9-3-1-4-10-21/h1-14,23-25H,15-20H2,(H,30,31)(H,32,34)(H,35,36)/t23-,24+,25-/m0/s1. The van der Waals surface area contributed by atoms with Crippen LogP contribution in [0.15, 0.2) is 85.1 Å². The van der Waals surface area contributed by atoms with Crippen LogP contribution in [0, 0.1) is 0 Å². The molecule has 1 aliphatic heterocycles. The number of ether oxygens (including phenoxy) is 2. The summed E-state index contributed by atoms with van der Waals surface area (Å²) in [5.74, 6) is -0.767. The van der Waals surface area contributed by atoms with Gasteiger partial charge in [0.2, 0.25) is 5.91 Å². The van der Waals surface area contributed by atoms with Crippen LogP contribution in [0.25, 0.3) is 0 Å². The number of hydrogen-bond acceptors (Lipinski definition) is 7. The van der Waals surface area contributed by atoms with Crippen molar-refractivity contribution in [2.45, 2.75) is 37.6 Å². The Kier molecular flexibility index (Phi) is 9.85. The van der Waals surface area contributed by atoms with Crippen LogP contribution in [-0.2, 0) is 25.7 Å². The van der Waals surface area contributed by atoms with Crippen LogP contribution in [0.2, 0.25) is 0 Å². The van der Waals surface area contributed by atoms with Gasteiger partial charge in [0.15, 0.2) is 0 Å². The van der Waals surface area contributed by atoms with Crippen LogP contribution in [0.3, 0.4) is 0 Å². The highest BCUT2D eigenvalue weighted by molar-refractivity contribution is 5.79. The maximum absolute atomic E-state index is 13.0. The van der Waals surface area contributed by atoms with Crippen LogP contribution in [0.5, 0.6) is 0 Å². The highest BCUT2D eigenvalue weighted by atomic mass is 16.6. The Morgan fingerprint density at radius 1 is 1.00 bits per heavy atom. The summed E-state index contributed by atoms with van der Waals surface area (Å²) in [6, 6.07) is 23.0. The highest BCUT2D eigenvalue weighted by Gasteiger charge is 2.37. The maximum Gasteiger partial charge on any atom is 0.410 e. The van der Waals surface area contributed by atoms with Crippen LogP contribution in [-0.4, -0.2) is 64.8 Å². The Balaban J connectivity index is 1.34. The van der Waals surface area contributed by atoms with Gasteiger partial charge in [-0.2, -0.15) is 0 Å². The van der Waals surface area contributed by atoms with Crippen LogP contribution >= 0.6 is 0 Å². The number of carboxylic acid groups (broad SMARTS) is 1. The Bertz CT molecular complexity index is 1210. The predicted molar refractivity (Wildman–Crippen MR) is 144 cm³/mol. The lowest BCUT2D eigenvalue weighted by Crippen LogP contribution is -2.40. The molecule has 2 aromatic carbocycles. The van der Waals surface area contributed by atoms with E-state index in [4.69, 9.17) is 9.47 Å². The summed E-state index contributed by atoms with van der Waals surface area (Å²) in [7, 11) is 0. The number of rotatable bonds is 12. The Morgan fingerprint density at radius 2 is 1.72 bits per heavy atom. The van der Waals surface area contributed by atoms with Crippen molar-refractivity contribution in [3.8, 4) is 0 Å². The fourth-order valence-electron chi connectivity index (χ4n) is 4.45. The zero-order valence-electron chi connectivity index (χ0n) is 21.4. The van der Waals surface area contributed by atoms with E-state index in [1.54, 1.807) is 35.4 Å². The molecule has 2 amide bonds. The molecular formula is C29H32N4O6. The molecular weight excluding hydrogens is 500 g/mol. The van der Waals surface area contributed by atoms with Crippen LogP contribution in [0.1, 0.15) is 30.0 Å². The van der Waals surface area contributed by atoms with Gasteiger partial charge in [-0.1, -0.05) is 66.7 Å². The number of carbonyl (C=O) groups excluding carboxylic acids is 2. The number of carbonyl (C=O) groups is 3. The summed E-state index contributed by atoms with van der Waals surface area (Å²) in [6.45, 7) is 0.570. The van der Waals surface area contributed by atoms with Crippen molar-refractivity contribution in [1.29, 1.82) is 0 Å². The van der Waals surface area contributed by atoms with Crippen molar-refractivity contribution in [3.63, 3.8) is 0 Å². The third kappa shape index (κ3) is 8.54. The van der Waals surface area contributed by atoms with Crippen molar-refractivity contribution < 1.29 is 29.0 Å². The SMILES string of the molecule is O=C(O)C[C@H](NC(=O)CO[C@@H]1C[C@@H](CNc2ccccn2)N(C(=O)OCc2ccccc2)C1)c1ccccc1. The lowest BCUT2D eigenvalue weighted by atomic mass is 10.0. The van der Waals surface area contributed by atoms with Gasteiger partial charge >= 0.3 is 12.1 Å². The number of aromatic nitrogens is 1. The van der Waals surface area contributed by atoms with Gasteiger partial charge in [-0.25, -0.2) is 9.78 Å². The van der Waals surface area contributed by atoms with Gasteiger partial charge in [-0.15, -0.1) is 0 Å². The smallest absolute Gasteiger partial charge is 0.410 e. The molecule has 0 unspecified atom stereocenters. The fourth-order valence-corrected chi connectivity index (χ4v) is 4.45. The number of nitrogens with one attached hydrogen (secondary N) is 2. The number of pyridine rings is 1. The zero-order valence-corrected chi connectivity index (χ0v) is 21.4. The molecule has 3 aromatic rings. The minimum atomic E-state index is -1.02. The van der Waals surface area contributed by atoms with Crippen molar-refractivity contribution in [2.24, 2.45) is 0 Å². The quantitative estimate of drug-likeness (QED) is 0.323. The van der Waals surface area contributed by atoms with Crippen molar-refractivity contribution in [1.82, 2.24) is 15.2 Å². The number of benzene rings is 2. The second kappa shape index (κ2) is 13.9. The van der Waals surface area contributed by atoms with E-state index in [2.05, 4.69) is 15.6 Å². The molecule has 1 aromatic heterocycles. The van der Waals surface area contributed by atoms with Gasteiger partial charge < -0.3 is 30.1 Å². The second-order valence-corrected chi connectivity index (χ2v) is 9.24. The first-order valence-corrected chi connectivity index (χ1v) is 12.8. The Morgan fingerprint density at radius 3 is 2.41 bits per heavy atom. The molecule has 0 radical (unpaired) electrons. The van der Waals surface area contributed by atoms with Gasteiger partial charge in [0, 0.05) is 12.7 Å². The summed E-state index contributed by atoms with van der Waals surface area (Å²) in [5, 5.41) is 15.3. The van der Waals surface area contributed by atoms with Crippen molar-refractivity contribution in [2.75, 3.05) is 25.0 Å². The number of carboxylic acids is 1. The van der Waals surface area contributed by atoms with Gasteiger partial charge in [-0.05, 0) is 29.7 Å². The Hall–Kier alpha value is -4.44. The van der Waals surface area contributed by atoms with E-state index in [-0.39, 0.29) is 32.2 Å². The predicted octanol–water partition coefficient (Wildman–Crippen LogP) is 3.62. The second-order valence-electron chi connectivity index (χ2n) is 9.24. The molecule has 204 valence electrons. The number of likely N-dealkylation sites (tertiary alicyclic amines) is 1. The van der Waals surface area contributed by atoms with E-state index < -0.39 is 30.1 Å². The molecule has 0 bridgehead atoms. The first kappa shape index (κ1) is 27.6. The number of anilines is 1. The van der Waals surface area contributed by atoms with E-state index in [9.17, 15) is 19.5 Å². The molecule has 39 heavy (non-hydrogen) atoms. The molecule has 4 rings (SSSR count). The van der Waals surface area contributed by atoms with E-state index in [0.717, 1.165) is 5.56 Å². The van der Waals surface area contributed by atoms with Crippen molar-refractivity contribution >= 4 is 23.8 Å². The van der Waals surface area contributed by atoms with Gasteiger partial charge in [0.05, 0.1) is 31.2 Å². The largest absolute Gasteiger partial charge is 0.481 e. The number of hydrogen-bond donors (Lipinski definition) is 3. The molecule has 3 N–H and O–H groups in total. The molecule has 0 aliphatic carbocycles. The van der Waals surface area contributed by atoms with Crippen LogP contribution in [0.4, 0.5) is 10.6 Å².